The topological polar surface area (TPSA) is 81.4 Å². The van der Waals surface area contributed by atoms with E-state index in [9.17, 15) is 9.59 Å². The van der Waals surface area contributed by atoms with Crippen LogP contribution in [0.5, 0.6) is 0 Å². The Kier molecular flexibility index (Phi) is 6.03. The third-order valence-corrected chi connectivity index (χ3v) is 5.01. The number of amides is 1. The summed E-state index contributed by atoms with van der Waals surface area (Å²) in [6, 6.07) is 13.3. The predicted molar refractivity (Wildman–Crippen MR) is 102 cm³/mol. The Hall–Kier alpha value is -2.93. The lowest BCUT2D eigenvalue weighted by atomic mass is 10.1. The van der Waals surface area contributed by atoms with Gasteiger partial charge in [0.05, 0.1) is 11.7 Å². The number of esters is 1. The number of rotatable bonds is 7. The highest BCUT2D eigenvalue weighted by Gasteiger charge is 2.23. The van der Waals surface area contributed by atoms with E-state index >= 15 is 0 Å². The van der Waals surface area contributed by atoms with E-state index in [0.717, 1.165) is 10.4 Å². The summed E-state index contributed by atoms with van der Waals surface area (Å²) in [6.45, 7) is 3.14. The molecule has 3 aromatic rings. The van der Waals surface area contributed by atoms with Crippen molar-refractivity contribution in [2.24, 2.45) is 0 Å². The van der Waals surface area contributed by atoms with Crippen molar-refractivity contribution in [3.8, 4) is 0 Å². The highest BCUT2D eigenvalue weighted by molar-refractivity contribution is 7.10. The molecular weight excluding hydrogens is 364 g/mol. The van der Waals surface area contributed by atoms with Crippen molar-refractivity contribution in [2.75, 3.05) is 6.61 Å². The van der Waals surface area contributed by atoms with Crippen LogP contribution in [-0.2, 0) is 16.0 Å². The molecule has 0 aliphatic heterocycles. The zero-order chi connectivity index (χ0) is 19.2. The fourth-order valence-electron chi connectivity index (χ4n) is 2.75. The summed E-state index contributed by atoms with van der Waals surface area (Å²) in [7, 11) is 0. The first kappa shape index (κ1) is 18.8. The number of carbonyl (C=O) groups is 2. The van der Waals surface area contributed by atoms with Gasteiger partial charge < -0.3 is 14.6 Å². The predicted octanol–water partition coefficient (Wildman–Crippen LogP) is 3.67. The number of hydrogen-bond donors (Lipinski definition) is 1. The van der Waals surface area contributed by atoms with Crippen LogP contribution in [0.1, 0.15) is 45.2 Å². The molecule has 0 radical (unpaired) electrons. The zero-order valence-electron chi connectivity index (χ0n) is 15.1. The summed E-state index contributed by atoms with van der Waals surface area (Å²) in [6.07, 6.45) is 0.544. The number of aryl methyl sites for hydroxylation is 2. The van der Waals surface area contributed by atoms with E-state index in [0.29, 0.717) is 23.4 Å². The van der Waals surface area contributed by atoms with Crippen molar-refractivity contribution < 1.29 is 18.8 Å². The van der Waals surface area contributed by atoms with E-state index in [-0.39, 0.29) is 18.6 Å². The third kappa shape index (κ3) is 4.43. The molecule has 0 fully saturated rings. The number of ether oxygens (including phenoxy) is 1. The molecule has 2 aromatic heterocycles. The molecule has 0 spiro atoms. The monoisotopic (exact) mass is 384 g/mol. The number of aromatic nitrogens is 1. The van der Waals surface area contributed by atoms with E-state index in [1.807, 2.05) is 54.8 Å². The Morgan fingerprint density at radius 2 is 2.00 bits per heavy atom. The molecule has 1 atom stereocenters. The van der Waals surface area contributed by atoms with Gasteiger partial charge in [0.1, 0.15) is 11.3 Å². The molecule has 27 heavy (non-hydrogen) atoms. The van der Waals surface area contributed by atoms with E-state index in [1.54, 1.807) is 18.3 Å². The second-order valence-corrected chi connectivity index (χ2v) is 6.90. The Balaban J connectivity index is 1.66. The summed E-state index contributed by atoms with van der Waals surface area (Å²) < 4.78 is 10.2. The molecule has 3 rings (SSSR count). The molecule has 7 heteroatoms. The van der Waals surface area contributed by atoms with Gasteiger partial charge in [-0.1, -0.05) is 48.5 Å². The maximum Gasteiger partial charge on any atom is 0.344 e. The number of benzene rings is 1. The summed E-state index contributed by atoms with van der Waals surface area (Å²) in [5.74, 6) is -0.594. The van der Waals surface area contributed by atoms with Gasteiger partial charge in [-0.25, -0.2) is 4.79 Å². The minimum atomic E-state index is -0.604. The normalized spacial score (nSPS) is 11.8. The lowest BCUT2D eigenvalue weighted by Crippen LogP contribution is -2.32. The van der Waals surface area contributed by atoms with E-state index in [4.69, 9.17) is 9.26 Å². The van der Waals surface area contributed by atoms with Gasteiger partial charge in [-0.3, -0.25) is 4.79 Å². The molecular formula is C20H20N2O4S. The third-order valence-electron chi connectivity index (χ3n) is 4.07. The molecule has 2 heterocycles. The molecule has 0 aliphatic carbocycles. The second kappa shape index (κ2) is 8.64. The molecule has 0 aliphatic rings. The highest BCUT2D eigenvalue weighted by atomic mass is 32.1. The highest BCUT2D eigenvalue weighted by Crippen LogP contribution is 2.25. The standard InChI is InChI=1S/C20H20N2O4S/c1-3-15-18(13(2)26-22-15)20(24)25-12-17(23)21-19(16-10-7-11-27-16)14-8-5-4-6-9-14/h4-11,19H,3,12H2,1-2H3,(H,21,23)/t19-/m0/s1. The number of hydrogen-bond acceptors (Lipinski definition) is 6. The van der Waals surface area contributed by atoms with Gasteiger partial charge in [-0.15, -0.1) is 11.3 Å². The van der Waals surface area contributed by atoms with Gasteiger partial charge in [0.15, 0.2) is 6.61 Å². The van der Waals surface area contributed by atoms with Crippen LogP contribution in [0.25, 0.3) is 0 Å². The average molecular weight is 384 g/mol. The lowest BCUT2D eigenvalue weighted by molar-refractivity contribution is -0.124. The van der Waals surface area contributed by atoms with Gasteiger partial charge in [-0.05, 0) is 30.4 Å². The first-order valence-corrected chi connectivity index (χ1v) is 9.48. The number of carbonyl (C=O) groups excluding carboxylic acids is 2. The van der Waals surface area contributed by atoms with Crippen LogP contribution < -0.4 is 5.32 Å². The van der Waals surface area contributed by atoms with Crippen molar-refractivity contribution >= 4 is 23.2 Å². The molecule has 1 N–H and O–H groups in total. The van der Waals surface area contributed by atoms with Gasteiger partial charge >= 0.3 is 5.97 Å². The molecule has 1 amide bonds. The number of thiophene rings is 1. The fourth-order valence-corrected chi connectivity index (χ4v) is 3.55. The fraction of sp³-hybridized carbons (Fsp3) is 0.250. The molecule has 140 valence electrons. The summed E-state index contributed by atoms with van der Waals surface area (Å²) >= 11 is 1.55. The van der Waals surface area contributed by atoms with Crippen molar-refractivity contribution in [1.29, 1.82) is 0 Å². The summed E-state index contributed by atoms with van der Waals surface area (Å²) in [5, 5.41) is 8.72. The van der Waals surface area contributed by atoms with Crippen molar-refractivity contribution in [2.45, 2.75) is 26.3 Å². The smallest absolute Gasteiger partial charge is 0.344 e. The lowest BCUT2D eigenvalue weighted by Gasteiger charge is -2.18. The van der Waals surface area contributed by atoms with E-state index < -0.39 is 5.97 Å². The first-order chi connectivity index (χ1) is 13.1. The number of nitrogens with one attached hydrogen (secondary N) is 1. The van der Waals surface area contributed by atoms with Crippen LogP contribution in [0.15, 0.2) is 52.4 Å². The summed E-state index contributed by atoms with van der Waals surface area (Å²) in [4.78, 5) is 25.7. The maximum atomic E-state index is 12.4. The quantitative estimate of drug-likeness (QED) is 0.629. The maximum absolute atomic E-state index is 12.4. The van der Waals surface area contributed by atoms with Gasteiger partial charge in [0.25, 0.3) is 5.91 Å². The Morgan fingerprint density at radius 3 is 2.67 bits per heavy atom. The molecule has 0 bridgehead atoms. The summed E-state index contributed by atoms with van der Waals surface area (Å²) in [5.41, 5.74) is 1.78. The average Bonchev–Trinajstić information content (AvgIpc) is 3.34. The van der Waals surface area contributed by atoms with Crippen LogP contribution in [-0.4, -0.2) is 23.6 Å². The van der Waals surface area contributed by atoms with Crippen LogP contribution >= 0.6 is 11.3 Å². The van der Waals surface area contributed by atoms with E-state index in [1.165, 1.54) is 0 Å². The zero-order valence-corrected chi connectivity index (χ0v) is 15.9. The minimum Gasteiger partial charge on any atom is -0.452 e. The second-order valence-electron chi connectivity index (χ2n) is 5.92. The minimum absolute atomic E-state index is 0.291. The number of nitrogens with zero attached hydrogens (tertiary/aromatic N) is 1. The van der Waals surface area contributed by atoms with Crippen molar-refractivity contribution in [3.05, 3.63) is 75.3 Å². The molecule has 6 nitrogen and oxygen atoms in total. The SMILES string of the molecule is CCc1noc(C)c1C(=O)OCC(=O)N[C@@H](c1ccccc1)c1cccs1. The Bertz CT molecular complexity index is 903. The van der Waals surface area contributed by atoms with Crippen LogP contribution in [0, 0.1) is 6.92 Å². The molecule has 0 saturated heterocycles. The van der Waals surface area contributed by atoms with Crippen LogP contribution in [0.2, 0.25) is 0 Å². The Morgan fingerprint density at radius 1 is 1.22 bits per heavy atom. The molecule has 0 unspecified atom stereocenters. The van der Waals surface area contributed by atoms with Gasteiger partial charge in [0, 0.05) is 4.88 Å². The van der Waals surface area contributed by atoms with Gasteiger partial charge in [-0.2, -0.15) is 0 Å². The van der Waals surface area contributed by atoms with Crippen molar-refractivity contribution in [1.82, 2.24) is 10.5 Å². The first-order valence-electron chi connectivity index (χ1n) is 8.60. The van der Waals surface area contributed by atoms with E-state index in [2.05, 4.69) is 10.5 Å². The van der Waals surface area contributed by atoms with Crippen LogP contribution in [0.3, 0.4) is 0 Å². The Labute approximate surface area is 161 Å². The molecule has 1 aromatic carbocycles. The van der Waals surface area contributed by atoms with Crippen LogP contribution in [0.4, 0.5) is 0 Å². The van der Waals surface area contributed by atoms with Crippen molar-refractivity contribution in [3.63, 3.8) is 0 Å². The largest absolute Gasteiger partial charge is 0.452 e. The van der Waals surface area contributed by atoms with Gasteiger partial charge in [0.2, 0.25) is 0 Å². The molecule has 0 saturated carbocycles.